The summed E-state index contributed by atoms with van der Waals surface area (Å²) in [7, 11) is -1.40. The van der Waals surface area contributed by atoms with Crippen molar-refractivity contribution in [1.29, 1.82) is 0 Å². The molecule has 0 radical (unpaired) electrons. The van der Waals surface area contributed by atoms with Gasteiger partial charge in [0.25, 0.3) is 0 Å². The van der Waals surface area contributed by atoms with Crippen LogP contribution in [0.1, 0.15) is 30.1 Å². The van der Waals surface area contributed by atoms with Crippen LogP contribution in [0.2, 0.25) is 0 Å². The molecule has 0 aromatic heterocycles. The van der Waals surface area contributed by atoms with Crippen LogP contribution in [0.5, 0.6) is 5.75 Å². The number of ether oxygens (including phenoxy) is 1. The highest BCUT2D eigenvalue weighted by molar-refractivity contribution is 7.67. The van der Waals surface area contributed by atoms with E-state index in [4.69, 9.17) is 9.26 Å². The lowest BCUT2D eigenvalue weighted by molar-refractivity contribution is 0.259. The Hall–Kier alpha value is -2.09. The van der Waals surface area contributed by atoms with E-state index in [-0.39, 0.29) is 11.8 Å². The molecule has 2 aromatic rings. The summed E-state index contributed by atoms with van der Waals surface area (Å²) < 4.78 is 25.6. The topological polar surface area (TPSA) is 35.5 Å². The number of fused-ring (bicyclic) bond motifs is 3. The molecule has 4 heteroatoms. The lowest BCUT2D eigenvalue weighted by Crippen LogP contribution is -2.30. The molecule has 1 heterocycles. The van der Waals surface area contributed by atoms with Gasteiger partial charge in [-0.15, -0.1) is 0 Å². The first-order valence-electron chi connectivity index (χ1n) is 8.52. The zero-order valence-corrected chi connectivity index (χ0v) is 15.3. The van der Waals surface area contributed by atoms with Crippen molar-refractivity contribution in [3.8, 4) is 5.75 Å². The summed E-state index contributed by atoms with van der Waals surface area (Å²) in [6.45, 7) is 1.99. The summed E-state index contributed by atoms with van der Waals surface area (Å²) in [5.41, 5.74) is 2.98. The van der Waals surface area contributed by atoms with Gasteiger partial charge < -0.3 is 9.26 Å². The Bertz CT molecular complexity index is 896. The van der Waals surface area contributed by atoms with Crippen LogP contribution in [-0.2, 0) is 9.09 Å². The zero-order valence-electron chi connectivity index (χ0n) is 14.4. The fourth-order valence-electron chi connectivity index (χ4n) is 3.59. The molecule has 0 saturated carbocycles. The number of methoxy groups -OCH3 is 1. The van der Waals surface area contributed by atoms with Crippen LogP contribution in [0.3, 0.4) is 0 Å². The minimum absolute atomic E-state index is 0.133. The van der Waals surface area contributed by atoms with Gasteiger partial charge in [-0.05, 0) is 48.2 Å². The third-order valence-electron chi connectivity index (χ3n) is 5.05. The van der Waals surface area contributed by atoms with Gasteiger partial charge in [0, 0.05) is 5.30 Å². The first-order valence-corrected chi connectivity index (χ1v) is 10.2. The lowest BCUT2D eigenvalue weighted by Gasteiger charge is -2.37. The summed E-state index contributed by atoms with van der Waals surface area (Å²) in [6, 6.07) is 15.7. The molecular weight excluding hydrogens is 331 g/mol. The molecule has 0 bridgehead atoms. The number of hydrogen-bond acceptors (Lipinski definition) is 3. The van der Waals surface area contributed by atoms with Crippen LogP contribution in [0, 0.1) is 0 Å². The molecule has 2 aliphatic rings. The Morgan fingerprint density at radius 2 is 1.92 bits per heavy atom. The molecule has 3 unspecified atom stereocenters. The molecule has 128 valence electrons. The molecule has 4 rings (SSSR count). The SMILES string of the molecule is COc1ccc(C(C)P2(=O)OC3CC=CC=C3c3ccccc32)cc1. The average Bonchev–Trinajstić information content (AvgIpc) is 2.68. The van der Waals surface area contributed by atoms with Crippen molar-refractivity contribution >= 4 is 18.2 Å². The molecule has 0 fully saturated rings. The van der Waals surface area contributed by atoms with Crippen molar-refractivity contribution in [2.24, 2.45) is 0 Å². The largest absolute Gasteiger partial charge is 0.497 e. The molecule has 0 N–H and O–H groups in total. The van der Waals surface area contributed by atoms with Gasteiger partial charge in [0.1, 0.15) is 5.75 Å². The molecule has 3 atom stereocenters. The van der Waals surface area contributed by atoms with E-state index in [9.17, 15) is 4.57 Å². The van der Waals surface area contributed by atoms with Crippen LogP contribution >= 0.6 is 7.37 Å². The Kier molecular flexibility index (Phi) is 4.15. The quantitative estimate of drug-likeness (QED) is 0.721. The summed E-state index contributed by atoms with van der Waals surface area (Å²) in [6.07, 6.45) is 6.83. The highest BCUT2D eigenvalue weighted by atomic mass is 31.2. The van der Waals surface area contributed by atoms with Crippen molar-refractivity contribution in [3.63, 3.8) is 0 Å². The van der Waals surface area contributed by atoms with E-state index in [1.54, 1.807) is 7.11 Å². The predicted molar refractivity (Wildman–Crippen MR) is 102 cm³/mol. The summed E-state index contributed by atoms with van der Waals surface area (Å²) >= 11 is 0. The number of benzene rings is 2. The second-order valence-corrected chi connectivity index (χ2v) is 9.10. The Labute approximate surface area is 148 Å². The van der Waals surface area contributed by atoms with Gasteiger partial charge in [-0.2, -0.15) is 0 Å². The first kappa shape index (κ1) is 16.4. The first-order chi connectivity index (χ1) is 12.1. The highest BCUT2D eigenvalue weighted by Gasteiger charge is 2.43. The second-order valence-electron chi connectivity index (χ2n) is 6.44. The van der Waals surface area contributed by atoms with Crippen molar-refractivity contribution in [2.75, 3.05) is 7.11 Å². The molecule has 0 amide bonds. The maximum atomic E-state index is 14.1. The summed E-state index contributed by atoms with van der Waals surface area (Å²) in [5, 5.41) is 0.830. The minimum atomic E-state index is -3.04. The average molecular weight is 352 g/mol. The van der Waals surface area contributed by atoms with Crippen LogP contribution in [0.25, 0.3) is 5.57 Å². The Morgan fingerprint density at radius 3 is 2.68 bits per heavy atom. The van der Waals surface area contributed by atoms with E-state index in [2.05, 4.69) is 24.3 Å². The molecular formula is C21H21O3P. The number of hydrogen-bond donors (Lipinski definition) is 0. The second kappa shape index (κ2) is 6.33. The predicted octanol–water partition coefficient (Wildman–Crippen LogP) is 5.10. The Morgan fingerprint density at radius 1 is 1.16 bits per heavy atom. The fourth-order valence-corrected chi connectivity index (χ4v) is 6.27. The van der Waals surface area contributed by atoms with Crippen molar-refractivity contribution in [1.82, 2.24) is 0 Å². The van der Waals surface area contributed by atoms with Gasteiger partial charge in [-0.1, -0.05) is 48.6 Å². The molecule has 3 nitrogen and oxygen atoms in total. The van der Waals surface area contributed by atoms with E-state index in [1.165, 1.54) is 0 Å². The van der Waals surface area contributed by atoms with Crippen molar-refractivity contribution in [3.05, 3.63) is 77.9 Å². The highest BCUT2D eigenvalue weighted by Crippen LogP contribution is 2.64. The summed E-state index contributed by atoms with van der Waals surface area (Å²) in [5.74, 6) is 0.793. The van der Waals surface area contributed by atoms with Gasteiger partial charge in [0.2, 0.25) is 7.37 Å². The maximum Gasteiger partial charge on any atom is 0.240 e. The third kappa shape index (κ3) is 2.68. The molecule has 0 saturated heterocycles. The zero-order chi connectivity index (χ0) is 17.4. The molecule has 1 aliphatic heterocycles. The van der Waals surface area contributed by atoms with Gasteiger partial charge in [-0.3, -0.25) is 4.57 Å². The minimum Gasteiger partial charge on any atom is -0.497 e. The normalized spacial score (nSPS) is 25.5. The number of allylic oxidation sites excluding steroid dienone is 2. The molecule has 0 spiro atoms. The van der Waals surface area contributed by atoms with Gasteiger partial charge >= 0.3 is 0 Å². The number of rotatable bonds is 3. The molecule has 2 aromatic carbocycles. The van der Waals surface area contributed by atoms with Crippen LogP contribution in [-0.4, -0.2) is 13.2 Å². The van der Waals surface area contributed by atoms with E-state index in [1.807, 2.05) is 49.4 Å². The van der Waals surface area contributed by atoms with E-state index >= 15 is 0 Å². The molecule has 1 aliphatic carbocycles. The third-order valence-corrected chi connectivity index (χ3v) is 8.00. The van der Waals surface area contributed by atoms with E-state index in [0.717, 1.165) is 34.2 Å². The van der Waals surface area contributed by atoms with E-state index in [0.29, 0.717) is 0 Å². The van der Waals surface area contributed by atoms with Gasteiger partial charge in [-0.25, -0.2) is 0 Å². The maximum absolute atomic E-state index is 14.1. The summed E-state index contributed by atoms with van der Waals surface area (Å²) in [4.78, 5) is 0. The van der Waals surface area contributed by atoms with Crippen LogP contribution < -0.4 is 10.0 Å². The van der Waals surface area contributed by atoms with E-state index < -0.39 is 7.37 Å². The monoisotopic (exact) mass is 352 g/mol. The van der Waals surface area contributed by atoms with Crippen molar-refractivity contribution < 1.29 is 13.8 Å². The Balaban J connectivity index is 1.81. The lowest BCUT2D eigenvalue weighted by atomic mass is 9.94. The standard InChI is InChI=1S/C21H21O3P/c1-15(16-11-13-17(23-2)14-12-16)25(22)21-10-6-4-8-19(21)18-7-3-5-9-20(18)24-25/h3-8,10-15,20H,9H2,1-2H3. The van der Waals surface area contributed by atoms with Gasteiger partial charge in [0.15, 0.2) is 0 Å². The van der Waals surface area contributed by atoms with Crippen molar-refractivity contribution in [2.45, 2.75) is 25.1 Å². The van der Waals surface area contributed by atoms with Gasteiger partial charge in [0.05, 0.1) is 18.9 Å². The van der Waals surface area contributed by atoms with Crippen LogP contribution in [0.4, 0.5) is 0 Å². The van der Waals surface area contributed by atoms with Crippen LogP contribution in [0.15, 0.2) is 66.8 Å². The fraction of sp³-hybridized carbons (Fsp3) is 0.238. The smallest absolute Gasteiger partial charge is 0.240 e. The molecule has 25 heavy (non-hydrogen) atoms.